The van der Waals surface area contributed by atoms with E-state index in [1.807, 2.05) is 0 Å². The van der Waals surface area contributed by atoms with Crippen LogP contribution < -0.4 is 5.73 Å². The molecular weight excluding hydrogens is 216 g/mol. The van der Waals surface area contributed by atoms with Gasteiger partial charge in [-0.05, 0) is 44.2 Å². The maximum absolute atomic E-state index is 11.3. The number of hydrogen-bond acceptors (Lipinski definition) is 4. The SMILES string of the molecule is COC(=O)C(N)CN1CCCC(C(C)C)CC1. The Kier molecular flexibility index (Phi) is 5.92. The lowest BCUT2D eigenvalue weighted by atomic mass is 9.89. The maximum atomic E-state index is 11.3. The zero-order valence-electron chi connectivity index (χ0n) is 11.3. The van der Waals surface area contributed by atoms with Crippen LogP contribution in [0.2, 0.25) is 0 Å². The minimum atomic E-state index is -0.504. The van der Waals surface area contributed by atoms with Crippen LogP contribution in [0.15, 0.2) is 0 Å². The van der Waals surface area contributed by atoms with Crippen molar-refractivity contribution in [2.75, 3.05) is 26.7 Å². The molecule has 1 saturated heterocycles. The summed E-state index contributed by atoms with van der Waals surface area (Å²) in [6, 6.07) is -0.504. The summed E-state index contributed by atoms with van der Waals surface area (Å²) >= 11 is 0. The van der Waals surface area contributed by atoms with Gasteiger partial charge in [-0.1, -0.05) is 13.8 Å². The summed E-state index contributed by atoms with van der Waals surface area (Å²) in [7, 11) is 1.39. The van der Waals surface area contributed by atoms with Gasteiger partial charge in [-0.3, -0.25) is 4.79 Å². The molecule has 1 heterocycles. The number of carbonyl (C=O) groups excluding carboxylic acids is 1. The zero-order valence-corrected chi connectivity index (χ0v) is 11.3. The first-order chi connectivity index (χ1) is 8.04. The van der Waals surface area contributed by atoms with E-state index in [4.69, 9.17) is 5.73 Å². The van der Waals surface area contributed by atoms with Crippen LogP contribution in [0.25, 0.3) is 0 Å². The highest BCUT2D eigenvalue weighted by Crippen LogP contribution is 2.24. The number of carbonyl (C=O) groups is 1. The molecule has 4 nitrogen and oxygen atoms in total. The summed E-state index contributed by atoms with van der Waals surface area (Å²) in [5, 5.41) is 0. The van der Waals surface area contributed by atoms with Gasteiger partial charge in [0.2, 0.25) is 0 Å². The minimum Gasteiger partial charge on any atom is -0.468 e. The number of hydrogen-bond donors (Lipinski definition) is 1. The van der Waals surface area contributed by atoms with E-state index in [0.717, 1.165) is 24.9 Å². The Morgan fingerprint density at radius 2 is 2.12 bits per heavy atom. The molecular formula is C13H26N2O2. The second-order valence-electron chi connectivity index (χ2n) is 5.37. The molecule has 2 atom stereocenters. The van der Waals surface area contributed by atoms with Crippen LogP contribution in [0.5, 0.6) is 0 Å². The summed E-state index contributed by atoms with van der Waals surface area (Å²) in [5.74, 6) is 1.26. The van der Waals surface area contributed by atoms with Crippen molar-refractivity contribution in [3.8, 4) is 0 Å². The Balaban J connectivity index is 2.38. The molecule has 0 aliphatic carbocycles. The number of ether oxygens (including phenoxy) is 1. The van der Waals surface area contributed by atoms with E-state index >= 15 is 0 Å². The van der Waals surface area contributed by atoms with Crippen molar-refractivity contribution in [1.82, 2.24) is 4.90 Å². The first kappa shape index (κ1) is 14.5. The van der Waals surface area contributed by atoms with Crippen molar-refractivity contribution >= 4 is 5.97 Å². The largest absolute Gasteiger partial charge is 0.468 e. The Morgan fingerprint density at radius 3 is 2.71 bits per heavy atom. The molecule has 1 rings (SSSR count). The molecule has 2 unspecified atom stereocenters. The Labute approximate surface area is 104 Å². The number of esters is 1. The van der Waals surface area contributed by atoms with Crippen LogP contribution in [0.1, 0.15) is 33.1 Å². The van der Waals surface area contributed by atoms with E-state index in [0.29, 0.717) is 6.54 Å². The van der Waals surface area contributed by atoms with Crippen molar-refractivity contribution in [3.05, 3.63) is 0 Å². The summed E-state index contributed by atoms with van der Waals surface area (Å²) in [4.78, 5) is 13.6. The van der Waals surface area contributed by atoms with Gasteiger partial charge in [-0.2, -0.15) is 0 Å². The average molecular weight is 242 g/mol. The normalized spacial score (nSPS) is 24.4. The number of methoxy groups -OCH3 is 1. The first-order valence-corrected chi connectivity index (χ1v) is 6.60. The van der Waals surface area contributed by atoms with Crippen molar-refractivity contribution in [1.29, 1.82) is 0 Å². The van der Waals surface area contributed by atoms with Crippen molar-refractivity contribution in [2.45, 2.75) is 39.2 Å². The maximum Gasteiger partial charge on any atom is 0.323 e. The Morgan fingerprint density at radius 1 is 1.41 bits per heavy atom. The number of nitrogens with zero attached hydrogens (tertiary/aromatic N) is 1. The molecule has 1 aliphatic heterocycles. The van der Waals surface area contributed by atoms with Crippen LogP contribution in [-0.4, -0.2) is 43.7 Å². The molecule has 0 spiro atoms. The summed E-state index contributed by atoms with van der Waals surface area (Å²) < 4.78 is 4.65. The lowest BCUT2D eigenvalue weighted by Crippen LogP contribution is -2.43. The average Bonchev–Trinajstić information content (AvgIpc) is 2.53. The predicted molar refractivity (Wildman–Crippen MR) is 68.6 cm³/mol. The lowest BCUT2D eigenvalue weighted by Gasteiger charge is -2.23. The van der Waals surface area contributed by atoms with Crippen molar-refractivity contribution in [2.24, 2.45) is 17.6 Å². The molecule has 0 saturated carbocycles. The number of likely N-dealkylation sites (tertiary alicyclic amines) is 1. The smallest absolute Gasteiger partial charge is 0.323 e. The van der Waals surface area contributed by atoms with Gasteiger partial charge in [0.1, 0.15) is 6.04 Å². The lowest BCUT2D eigenvalue weighted by molar-refractivity contribution is -0.142. The Hall–Kier alpha value is -0.610. The van der Waals surface area contributed by atoms with Gasteiger partial charge in [0.05, 0.1) is 7.11 Å². The standard InChI is InChI=1S/C13H26N2O2/c1-10(2)11-5-4-7-15(8-6-11)9-12(14)13(16)17-3/h10-12H,4-9,14H2,1-3H3. The molecule has 17 heavy (non-hydrogen) atoms. The highest BCUT2D eigenvalue weighted by atomic mass is 16.5. The fourth-order valence-corrected chi connectivity index (χ4v) is 2.53. The summed E-state index contributed by atoms with van der Waals surface area (Å²) in [6.07, 6.45) is 3.71. The van der Waals surface area contributed by atoms with Gasteiger partial charge in [0.15, 0.2) is 0 Å². The van der Waals surface area contributed by atoms with Crippen LogP contribution in [-0.2, 0) is 9.53 Å². The first-order valence-electron chi connectivity index (χ1n) is 6.60. The van der Waals surface area contributed by atoms with Crippen LogP contribution in [0.4, 0.5) is 0 Å². The van der Waals surface area contributed by atoms with Gasteiger partial charge in [-0.25, -0.2) is 0 Å². The monoisotopic (exact) mass is 242 g/mol. The molecule has 4 heteroatoms. The number of rotatable bonds is 4. The molecule has 0 aromatic rings. The van der Waals surface area contributed by atoms with Crippen LogP contribution in [0.3, 0.4) is 0 Å². The highest BCUT2D eigenvalue weighted by molar-refractivity contribution is 5.75. The molecule has 0 radical (unpaired) electrons. The molecule has 100 valence electrons. The molecule has 0 aromatic heterocycles. The second-order valence-corrected chi connectivity index (χ2v) is 5.37. The van der Waals surface area contributed by atoms with E-state index in [2.05, 4.69) is 23.5 Å². The van der Waals surface area contributed by atoms with Crippen LogP contribution >= 0.6 is 0 Å². The van der Waals surface area contributed by atoms with Crippen molar-refractivity contribution < 1.29 is 9.53 Å². The topological polar surface area (TPSA) is 55.6 Å². The third-order valence-electron chi connectivity index (χ3n) is 3.77. The molecule has 1 fully saturated rings. The van der Waals surface area contributed by atoms with Gasteiger partial charge in [0.25, 0.3) is 0 Å². The van der Waals surface area contributed by atoms with E-state index < -0.39 is 6.04 Å². The van der Waals surface area contributed by atoms with E-state index in [1.54, 1.807) is 0 Å². The third-order valence-corrected chi connectivity index (χ3v) is 3.77. The van der Waals surface area contributed by atoms with E-state index in [9.17, 15) is 4.79 Å². The summed E-state index contributed by atoms with van der Waals surface area (Å²) in [5.41, 5.74) is 5.79. The zero-order chi connectivity index (χ0) is 12.8. The third kappa shape index (κ3) is 4.64. The summed E-state index contributed by atoms with van der Waals surface area (Å²) in [6.45, 7) is 7.31. The van der Waals surface area contributed by atoms with Crippen LogP contribution in [0, 0.1) is 11.8 Å². The van der Waals surface area contributed by atoms with Gasteiger partial charge >= 0.3 is 5.97 Å². The Bertz CT molecular complexity index is 244. The predicted octanol–water partition coefficient (Wildman–Crippen LogP) is 1.24. The van der Waals surface area contributed by atoms with E-state index in [-0.39, 0.29) is 5.97 Å². The van der Waals surface area contributed by atoms with Crippen molar-refractivity contribution in [3.63, 3.8) is 0 Å². The molecule has 1 aliphatic rings. The highest BCUT2D eigenvalue weighted by Gasteiger charge is 2.22. The quantitative estimate of drug-likeness (QED) is 0.754. The van der Waals surface area contributed by atoms with Gasteiger partial charge < -0.3 is 15.4 Å². The molecule has 0 aromatic carbocycles. The minimum absolute atomic E-state index is 0.311. The molecule has 0 amide bonds. The second kappa shape index (κ2) is 6.97. The van der Waals surface area contributed by atoms with E-state index in [1.165, 1.54) is 26.4 Å². The molecule has 2 N–H and O–H groups in total. The fraction of sp³-hybridized carbons (Fsp3) is 0.923. The van der Waals surface area contributed by atoms with Gasteiger partial charge in [0, 0.05) is 6.54 Å². The fourth-order valence-electron chi connectivity index (χ4n) is 2.53. The number of nitrogens with two attached hydrogens (primary N) is 1. The van der Waals surface area contributed by atoms with Gasteiger partial charge in [-0.15, -0.1) is 0 Å². The molecule has 0 bridgehead atoms.